The SMILES string of the molecule is COC(=O)C1Cc2c(F)ccc(C)c2C(=O)O1. The summed E-state index contributed by atoms with van der Waals surface area (Å²) in [5.41, 5.74) is 1.07. The maximum atomic E-state index is 13.6. The first-order valence-electron chi connectivity index (χ1n) is 5.11. The Bertz CT molecular complexity index is 496. The van der Waals surface area contributed by atoms with E-state index in [1.54, 1.807) is 6.92 Å². The number of rotatable bonds is 1. The van der Waals surface area contributed by atoms with Gasteiger partial charge in [-0.25, -0.2) is 14.0 Å². The number of ether oxygens (including phenoxy) is 2. The van der Waals surface area contributed by atoms with Crippen molar-refractivity contribution >= 4 is 11.9 Å². The number of carbonyl (C=O) groups excluding carboxylic acids is 2. The highest BCUT2D eigenvalue weighted by Crippen LogP contribution is 2.26. The van der Waals surface area contributed by atoms with Gasteiger partial charge in [0.25, 0.3) is 0 Å². The van der Waals surface area contributed by atoms with E-state index in [2.05, 4.69) is 4.74 Å². The van der Waals surface area contributed by atoms with E-state index in [1.807, 2.05) is 0 Å². The fraction of sp³-hybridized carbons (Fsp3) is 0.333. The fourth-order valence-corrected chi connectivity index (χ4v) is 1.90. The molecule has 0 bridgehead atoms. The summed E-state index contributed by atoms with van der Waals surface area (Å²) in [6.07, 6.45) is -1.04. The predicted molar refractivity (Wildman–Crippen MR) is 56.1 cm³/mol. The molecule has 1 aliphatic heterocycles. The second kappa shape index (κ2) is 4.16. The monoisotopic (exact) mass is 238 g/mol. The van der Waals surface area contributed by atoms with Crippen LogP contribution < -0.4 is 0 Å². The minimum Gasteiger partial charge on any atom is -0.466 e. The average Bonchev–Trinajstić information content (AvgIpc) is 2.32. The van der Waals surface area contributed by atoms with Gasteiger partial charge in [0.1, 0.15) is 5.82 Å². The number of fused-ring (bicyclic) bond motifs is 1. The third kappa shape index (κ3) is 1.88. The number of cyclic esters (lactones) is 1. The van der Waals surface area contributed by atoms with Crippen molar-refractivity contribution in [2.75, 3.05) is 7.11 Å². The van der Waals surface area contributed by atoms with Crippen LogP contribution in [0.5, 0.6) is 0 Å². The third-order valence-electron chi connectivity index (χ3n) is 2.77. The molecule has 0 radical (unpaired) electrons. The van der Waals surface area contributed by atoms with Crippen LogP contribution >= 0.6 is 0 Å². The number of benzene rings is 1. The summed E-state index contributed by atoms with van der Waals surface area (Å²) in [4.78, 5) is 23.0. The first-order valence-corrected chi connectivity index (χ1v) is 5.11. The molecular formula is C12H11FO4. The zero-order valence-corrected chi connectivity index (χ0v) is 9.45. The van der Waals surface area contributed by atoms with Crippen LogP contribution in [0.25, 0.3) is 0 Å². The van der Waals surface area contributed by atoms with Crippen molar-refractivity contribution in [3.05, 3.63) is 34.6 Å². The molecule has 1 aromatic rings. The lowest BCUT2D eigenvalue weighted by Crippen LogP contribution is -2.36. The molecule has 0 aliphatic carbocycles. The summed E-state index contributed by atoms with van der Waals surface area (Å²) in [5, 5.41) is 0. The molecular weight excluding hydrogens is 227 g/mol. The molecule has 1 aliphatic rings. The molecule has 0 saturated heterocycles. The Balaban J connectivity index is 2.46. The highest BCUT2D eigenvalue weighted by Gasteiger charge is 2.34. The zero-order chi connectivity index (χ0) is 12.6. The average molecular weight is 238 g/mol. The minimum absolute atomic E-state index is 0.0151. The summed E-state index contributed by atoms with van der Waals surface area (Å²) in [7, 11) is 1.19. The van der Waals surface area contributed by atoms with E-state index in [4.69, 9.17) is 4.74 Å². The van der Waals surface area contributed by atoms with Gasteiger partial charge >= 0.3 is 11.9 Å². The van der Waals surface area contributed by atoms with Crippen LogP contribution in [-0.4, -0.2) is 25.2 Å². The van der Waals surface area contributed by atoms with Gasteiger partial charge < -0.3 is 9.47 Å². The van der Waals surface area contributed by atoms with E-state index < -0.39 is 23.9 Å². The van der Waals surface area contributed by atoms with E-state index in [0.29, 0.717) is 5.56 Å². The molecule has 17 heavy (non-hydrogen) atoms. The molecule has 1 unspecified atom stereocenters. The van der Waals surface area contributed by atoms with E-state index in [9.17, 15) is 14.0 Å². The van der Waals surface area contributed by atoms with Crippen molar-refractivity contribution in [1.82, 2.24) is 0 Å². The largest absolute Gasteiger partial charge is 0.466 e. The molecule has 0 N–H and O–H groups in total. The topological polar surface area (TPSA) is 52.6 Å². The van der Waals surface area contributed by atoms with Gasteiger partial charge in [-0.15, -0.1) is 0 Å². The van der Waals surface area contributed by atoms with Crippen LogP contribution in [0.4, 0.5) is 4.39 Å². The van der Waals surface area contributed by atoms with Gasteiger partial charge in [0.2, 0.25) is 6.10 Å². The normalized spacial score (nSPS) is 18.3. The Morgan fingerprint density at radius 1 is 1.53 bits per heavy atom. The minimum atomic E-state index is -1.06. The van der Waals surface area contributed by atoms with Crippen LogP contribution in [0.15, 0.2) is 12.1 Å². The van der Waals surface area contributed by atoms with E-state index in [1.165, 1.54) is 19.2 Å². The molecule has 0 aromatic heterocycles. The number of esters is 2. The molecule has 0 saturated carbocycles. The van der Waals surface area contributed by atoms with Crippen LogP contribution in [-0.2, 0) is 20.7 Å². The Hall–Kier alpha value is -1.91. The molecule has 1 heterocycles. The van der Waals surface area contributed by atoms with Gasteiger partial charge in [0.05, 0.1) is 12.7 Å². The standard InChI is InChI=1S/C12H11FO4/c1-6-3-4-8(13)7-5-9(11(14)16-2)17-12(15)10(6)7/h3-4,9H,5H2,1-2H3. The molecule has 0 fully saturated rings. The summed E-state index contributed by atoms with van der Waals surface area (Å²) in [6.45, 7) is 1.69. The molecule has 4 nitrogen and oxygen atoms in total. The Kier molecular flexibility index (Phi) is 2.83. The van der Waals surface area contributed by atoms with Crippen molar-refractivity contribution in [3.8, 4) is 0 Å². The van der Waals surface area contributed by atoms with Gasteiger partial charge in [-0.1, -0.05) is 6.07 Å². The van der Waals surface area contributed by atoms with Gasteiger partial charge in [-0.2, -0.15) is 0 Å². The zero-order valence-electron chi connectivity index (χ0n) is 9.45. The van der Waals surface area contributed by atoms with Gasteiger partial charge in [0, 0.05) is 12.0 Å². The summed E-state index contributed by atoms with van der Waals surface area (Å²) < 4.78 is 23.0. The summed E-state index contributed by atoms with van der Waals surface area (Å²) in [5.74, 6) is -1.86. The number of aryl methyl sites for hydroxylation is 1. The maximum absolute atomic E-state index is 13.6. The second-order valence-corrected chi connectivity index (χ2v) is 3.84. The van der Waals surface area contributed by atoms with Crippen LogP contribution in [0.2, 0.25) is 0 Å². The fourth-order valence-electron chi connectivity index (χ4n) is 1.90. The molecule has 0 amide bonds. The molecule has 1 atom stereocenters. The molecule has 5 heteroatoms. The summed E-state index contributed by atoms with van der Waals surface area (Å²) in [6, 6.07) is 2.79. The lowest BCUT2D eigenvalue weighted by molar-refractivity contribution is -0.151. The predicted octanol–water partition coefficient (Wildman–Crippen LogP) is 1.39. The lowest BCUT2D eigenvalue weighted by Gasteiger charge is -2.24. The highest BCUT2D eigenvalue weighted by molar-refractivity contribution is 5.96. The maximum Gasteiger partial charge on any atom is 0.347 e. The third-order valence-corrected chi connectivity index (χ3v) is 2.77. The van der Waals surface area contributed by atoms with E-state index >= 15 is 0 Å². The number of carbonyl (C=O) groups is 2. The smallest absolute Gasteiger partial charge is 0.347 e. The quantitative estimate of drug-likeness (QED) is 0.694. The van der Waals surface area contributed by atoms with Crippen molar-refractivity contribution in [1.29, 1.82) is 0 Å². The molecule has 1 aromatic carbocycles. The second-order valence-electron chi connectivity index (χ2n) is 3.84. The molecule has 0 spiro atoms. The van der Waals surface area contributed by atoms with Crippen LogP contribution in [0, 0.1) is 12.7 Å². The van der Waals surface area contributed by atoms with Gasteiger partial charge in [-0.3, -0.25) is 0 Å². The Morgan fingerprint density at radius 3 is 2.88 bits per heavy atom. The number of methoxy groups -OCH3 is 1. The van der Waals surface area contributed by atoms with Crippen molar-refractivity contribution < 1.29 is 23.5 Å². The first-order chi connectivity index (χ1) is 8.04. The Labute approximate surface area is 97.3 Å². The Morgan fingerprint density at radius 2 is 2.24 bits per heavy atom. The van der Waals surface area contributed by atoms with Gasteiger partial charge in [0.15, 0.2) is 0 Å². The van der Waals surface area contributed by atoms with Crippen molar-refractivity contribution in [3.63, 3.8) is 0 Å². The number of hydrogen-bond acceptors (Lipinski definition) is 4. The highest BCUT2D eigenvalue weighted by atomic mass is 19.1. The molecule has 2 rings (SSSR count). The first kappa shape index (κ1) is 11.6. The number of hydrogen-bond donors (Lipinski definition) is 0. The van der Waals surface area contributed by atoms with Crippen molar-refractivity contribution in [2.24, 2.45) is 0 Å². The van der Waals surface area contributed by atoms with Crippen LogP contribution in [0.3, 0.4) is 0 Å². The van der Waals surface area contributed by atoms with E-state index in [0.717, 1.165) is 0 Å². The van der Waals surface area contributed by atoms with E-state index in [-0.39, 0.29) is 17.5 Å². The number of halogens is 1. The van der Waals surface area contributed by atoms with Crippen LogP contribution in [0.1, 0.15) is 21.5 Å². The van der Waals surface area contributed by atoms with Gasteiger partial charge in [-0.05, 0) is 18.6 Å². The summed E-state index contributed by atoms with van der Waals surface area (Å²) >= 11 is 0. The molecule has 90 valence electrons. The van der Waals surface area contributed by atoms with Crippen molar-refractivity contribution in [2.45, 2.75) is 19.4 Å². The lowest BCUT2D eigenvalue weighted by atomic mass is 9.94.